The number of rotatable bonds is 3. The molecule has 0 unspecified atom stereocenters. The number of aromatic nitrogens is 2. The molecule has 0 aliphatic carbocycles. The smallest absolute Gasteiger partial charge is 0.347 e. The molecule has 2 aromatic heterocycles. The Morgan fingerprint density at radius 3 is 2.78 bits per heavy atom. The van der Waals surface area contributed by atoms with E-state index in [-0.39, 0.29) is 10.4 Å². The highest BCUT2D eigenvalue weighted by molar-refractivity contribution is 7.18. The summed E-state index contributed by atoms with van der Waals surface area (Å²) in [5, 5.41) is 9.64. The third-order valence-corrected chi connectivity index (χ3v) is 4.65. The number of carbonyl (C=O) groups is 1. The summed E-state index contributed by atoms with van der Waals surface area (Å²) in [6.07, 6.45) is 4.78. The molecule has 0 atom stereocenters. The molecule has 116 valence electrons. The number of benzene rings is 1. The fourth-order valence-electron chi connectivity index (χ4n) is 2.09. The van der Waals surface area contributed by atoms with Crippen molar-refractivity contribution in [2.24, 2.45) is 0 Å². The molecule has 1 N–H and O–H groups in total. The molecule has 0 saturated carbocycles. The van der Waals surface area contributed by atoms with E-state index in [4.69, 9.17) is 16.7 Å². The van der Waals surface area contributed by atoms with Gasteiger partial charge in [-0.25, -0.2) is 9.78 Å². The molecule has 5 nitrogen and oxygen atoms in total. The summed E-state index contributed by atoms with van der Waals surface area (Å²) in [5.41, 5.74) is 1.47. The lowest BCUT2D eigenvalue weighted by atomic mass is 10.1. The third kappa shape index (κ3) is 2.91. The van der Waals surface area contributed by atoms with E-state index in [9.17, 15) is 9.59 Å². The van der Waals surface area contributed by atoms with Crippen LogP contribution in [0.5, 0.6) is 0 Å². The van der Waals surface area contributed by atoms with Crippen molar-refractivity contribution in [3.8, 4) is 0 Å². The minimum Gasteiger partial charge on any atom is -0.477 e. The Hall–Kier alpha value is -2.44. The van der Waals surface area contributed by atoms with Gasteiger partial charge >= 0.3 is 5.97 Å². The Bertz CT molecular complexity index is 1000. The van der Waals surface area contributed by atoms with Gasteiger partial charge in [-0.05, 0) is 24.6 Å². The summed E-state index contributed by atoms with van der Waals surface area (Å²) >= 11 is 7.05. The number of halogens is 1. The van der Waals surface area contributed by atoms with E-state index < -0.39 is 5.97 Å². The molecule has 0 spiro atoms. The number of hydrogen-bond donors (Lipinski definition) is 1. The Morgan fingerprint density at radius 2 is 2.09 bits per heavy atom. The van der Waals surface area contributed by atoms with Crippen molar-refractivity contribution in [1.82, 2.24) is 9.38 Å². The van der Waals surface area contributed by atoms with Gasteiger partial charge in [-0.1, -0.05) is 47.2 Å². The lowest BCUT2D eigenvalue weighted by molar-refractivity contribution is 0.0702. The third-order valence-electron chi connectivity index (χ3n) is 3.33. The maximum absolute atomic E-state index is 12.3. The summed E-state index contributed by atoms with van der Waals surface area (Å²) in [5.74, 6) is -1.08. The van der Waals surface area contributed by atoms with Crippen molar-refractivity contribution >= 4 is 46.0 Å². The highest BCUT2D eigenvalue weighted by Crippen LogP contribution is 2.20. The molecule has 0 aliphatic rings. The predicted octanol–water partition coefficient (Wildman–Crippen LogP) is 3.59. The minimum absolute atomic E-state index is 0.0706. The van der Waals surface area contributed by atoms with Crippen LogP contribution in [-0.4, -0.2) is 20.5 Å². The van der Waals surface area contributed by atoms with E-state index in [1.165, 1.54) is 10.6 Å². The zero-order valence-electron chi connectivity index (χ0n) is 12.0. The van der Waals surface area contributed by atoms with Crippen LogP contribution in [0.15, 0.2) is 35.3 Å². The number of hydrogen-bond acceptors (Lipinski definition) is 4. The van der Waals surface area contributed by atoms with Gasteiger partial charge in [0.25, 0.3) is 5.56 Å². The van der Waals surface area contributed by atoms with Gasteiger partial charge in [-0.2, -0.15) is 0 Å². The van der Waals surface area contributed by atoms with Crippen molar-refractivity contribution in [1.29, 1.82) is 0 Å². The molecule has 0 fully saturated rings. The highest BCUT2D eigenvalue weighted by atomic mass is 35.5. The molecule has 0 aliphatic heterocycles. The van der Waals surface area contributed by atoms with Gasteiger partial charge in [0.1, 0.15) is 4.88 Å². The second kappa shape index (κ2) is 5.98. The quantitative estimate of drug-likeness (QED) is 0.786. The van der Waals surface area contributed by atoms with Crippen LogP contribution >= 0.6 is 22.9 Å². The topological polar surface area (TPSA) is 71.7 Å². The van der Waals surface area contributed by atoms with Crippen molar-refractivity contribution in [2.75, 3.05) is 0 Å². The Kier molecular flexibility index (Phi) is 4.02. The molecular formula is C16H11ClN2O3S. The van der Waals surface area contributed by atoms with Gasteiger partial charge in [0.15, 0.2) is 4.96 Å². The minimum atomic E-state index is -1.08. The molecule has 23 heavy (non-hydrogen) atoms. The molecule has 3 rings (SSSR count). The van der Waals surface area contributed by atoms with Gasteiger partial charge < -0.3 is 5.11 Å². The molecule has 2 heterocycles. The highest BCUT2D eigenvalue weighted by Gasteiger charge is 2.13. The van der Waals surface area contributed by atoms with Crippen molar-refractivity contribution in [3.63, 3.8) is 0 Å². The van der Waals surface area contributed by atoms with Crippen LogP contribution < -0.4 is 5.56 Å². The van der Waals surface area contributed by atoms with E-state index in [0.717, 1.165) is 16.9 Å². The van der Waals surface area contributed by atoms with Crippen LogP contribution in [0.3, 0.4) is 0 Å². The van der Waals surface area contributed by atoms with Crippen LogP contribution in [-0.2, 0) is 0 Å². The Balaban J connectivity index is 2.11. The molecule has 3 aromatic rings. The van der Waals surface area contributed by atoms with Crippen LogP contribution in [0, 0.1) is 6.92 Å². The average molecular weight is 347 g/mol. The first-order valence-electron chi connectivity index (χ1n) is 6.66. The normalized spacial score (nSPS) is 11.4. The predicted molar refractivity (Wildman–Crippen MR) is 91.4 cm³/mol. The average Bonchev–Trinajstić information content (AvgIpc) is 2.95. The fourth-order valence-corrected chi connectivity index (χ4v) is 3.10. The van der Waals surface area contributed by atoms with E-state index in [1.54, 1.807) is 25.1 Å². The fraction of sp³-hybridized carbons (Fsp3) is 0.0625. The SMILES string of the molecule is Cc1c(/C=C/c2ccccc2Cl)nc2sc(C(=O)O)cn2c1=O. The molecule has 0 saturated heterocycles. The van der Waals surface area contributed by atoms with E-state index >= 15 is 0 Å². The molecular weight excluding hydrogens is 336 g/mol. The summed E-state index contributed by atoms with van der Waals surface area (Å²) in [4.78, 5) is 28.2. The van der Waals surface area contributed by atoms with Gasteiger partial charge in [-0.3, -0.25) is 9.20 Å². The first-order valence-corrected chi connectivity index (χ1v) is 7.85. The van der Waals surface area contributed by atoms with Crippen LogP contribution in [0.1, 0.15) is 26.5 Å². The summed E-state index contributed by atoms with van der Waals surface area (Å²) in [6.45, 7) is 1.66. The first-order chi connectivity index (χ1) is 11.0. The van der Waals surface area contributed by atoms with Gasteiger partial charge in [0, 0.05) is 16.8 Å². The van der Waals surface area contributed by atoms with Crippen LogP contribution in [0.25, 0.3) is 17.1 Å². The molecule has 0 bridgehead atoms. The van der Waals surface area contributed by atoms with E-state index in [1.807, 2.05) is 18.2 Å². The standard InChI is InChI=1S/C16H11ClN2O3S/c1-9-12(7-6-10-4-2-3-5-11(10)17)18-16-19(14(9)20)8-13(23-16)15(21)22/h2-8H,1H3,(H,21,22)/b7-6+. The molecule has 1 aromatic carbocycles. The van der Waals surface area contributed by atoms with Gasteiger partial charge in [0.05, 0.1) is 5.69 Å². The van der Waals surface area contributed by atoms with Crippen molar-refractivity contribution in [2.45, 2.75) is 6.92 Å². The zero-order chi connectivity index (χ0) is 16.6. The van der Waals surface area contributed by atoms with Crippen LogP contribution in [0.4, 0.5) is 0 Å². The van der Waals surface area contributed by atoms with Crippen LogP contribution in [0.2, 0.25) is 5.02 Å². The van der Waals surface area contributed by atoms with E-state index in [0.29, 0.717) is 21.2 Å². The Morgan fingerprint density at radius 1 is 1.35 bits per heavy atom. The zero-order valence-corrected chi connectivity index (χ0v) is 13.6. The largest absolute Gasteiger partial charge is 0.477 e. The summed E-state index contributed by atoms with van der Waals surface area (Å²) in [6, 6.07) is 7.33. The maximum Gasteiger partial charge on any atom is 0.347 e. The van der Waals surface area contributed by atoms with Gasteiger partial charge in [-0.15, -0.1) is 0 Å². The van der Waals surface area contributed by atoms with Crippen molar-refractivity contribution in [3.05, 3.63) is 67.5 Å². The first kappa shape index (κ1) is 15.5. The summed E-state index contributed by atoms with van der Waals surface area (Å²) in [7, 11) is 0. The lowest BCUT2D eigenvalue weighted by Gasteiger charge is -2.01. The second-order valence-electron chi connectivity index (χ2n) is 4.84. The molecule has 0 amide bonds. The van der Waals surface area contributed by atoms with E-state index in [2.05, 4.69) is 4.98 Å². The van der Waals surface area contributed by atoms with Gasteiger partial charge in [0.2, 0.25) is 0 Å². The Labute approximate surface area is 140 Å². The lowest BCUT2D eigenvalue weighted by Crippen LogP contribution is -2.17. The molecule has 7 heteroatoms. The summed E-state index contributed by atoms with van der Waals surface area (Å²) < 4.78 is 1.26. The second-order valence-corrected chi connectivity index (χ2v) is 6.25. The number of thiazole rings is 1. The van der Waals surface area contributed by atoms with Crippen molar-refractivity contribution < 1.29 is 9.90 Å². The number of carboxylic acids is 1. The number of carboxylic acid groups (broad SMARTS) is 1. The number of nitrogens with zero attached hydrogens (tertiary/aromatic N) is 2. The molecule has 0 radical (unpaired) electrons. The number of aromatic carboxylic acids is 1. The monoisotopic (exact) mass is 346 g/mol. The maximum atomic E-state index is 12.3. The number of fused-ring (bicyclic) bond motifs is 1.